The van der Waals surface area contributed by atoms with Crippen molar-refractivity contribution in [2.75, 3.05) is 13.1 Å². The van der Waals surface area contributed by atoms with Crippen LogP contribution in [0.25, 0.3) is 0 Å². The molecular weight excluding hydrogens is 158 g/mol. The topological polar surface area (TPSA) is 12.0 Å². The number of hydrogen-bond acceptors (Lipinski definition) is 1. The van der Waals surface area contributed by atoms with Crippen LogP contribution >= 0.6 is 0 Å². The summed E-state index contributed by atoms with van der Waals surface area (Å²) in [6, 6.07) is 0. The number of hydrogen-bond donors (Lipinski definition) is 1. The van der Waals surface area contributed by atoms with Gasteiger partial charge in [0, 0.05) is 6.54 Å². The lowest BCUT2D eigenvalue weighted by Gasteiger charge is -2.36. The minimum atomic E-state index is 0.500. The molecule has 0 aromatic heterocycles. The van der Waals surface area contributed by atoms with Gasteiger partial charge in [-0.3, -0.25) is 0 Å². The minimum Gasteiger partial charge on any atom is -0.316 e. The Bertz CT molecular complexity index is 118. The fourth-order valence-corrected chi connectivity index (χ4v) is 2.24. The molecular formula is C12H27N. The van der Waals surface area contributed by atoms with E-state index in [-0.39, 0.29) is 0 Å². The Morgan fingerprint density at radius 1 is 1.08 bits per heavy atom. The smallest absolute Gasteiger partial charge is 0.000759 e. The third-order valence-corrected chi connectivity index (χ3v) is 3.56. The lowest BCUT2D eigenvalue weighted by atomic mass is 9.72. The SMILES string of the molecule is CCNCC(C)(CC)C(CC)CC. The summed E-state index contributed by atoms with van der Waals surface area (Å²) in [5.74, 6) is 0.872. The molecule has 0 saturated heterocycles. The van der Waals surface area contributed by atoms with Crippen LogP contribution in [0.4, 0.5) is 0 Å². The van der Waals surface area contributed by atoms with Crippen molar-refractivity contribution in [1.29, 1.82) is 0 Å². The van der Waals surface area contributed by atoms with E-state index in [9.17, 15) is 0 Å². The van der Waals surface area contributed by atoms with Crippen molar-refractivity contribution in [2.24, 2.45) is 11.3 Å². The summed E-state index contributed by atoms with van der Waals surface area (Å²) in [5, 5.41) is 3.49. The second-order valence-electron chi connectivity index (χ2n) is 4.30. The molecule has 1 atom stereocenters. The van der Waals surface area contributed by atoms with Crippen LogP contribution < -0.4 is 5.32 Å². The van der Waals surface area contributed by atoms with Crippen molar-refractivity contribution >= 4 is 0 Å². The van der Waals surface area contributed by atoms with Gasteiger partial charge in [-0.2, -0.15) is 0 Å². The maximum Gasteiger partial charge on any atom is 0.000759 e. The molecule has 1 heteroatoms. The van der Waals surface area contributed by atoms with Gasteiger partial charge in [-0.15, -0.1) is 0 Å². The maximum atomic E-state index is 3.49. The highest BCUT2D eigenvalue weighted by atomic mass is 14.9. The highest BCUT2D eigenvalue weighted by molar-refractivity contribution is 4.81. The van der Waals surface area contributed by atoms with Crippen LogP contribution in [0.5, 0.6) is 0 Å². The minimum absolute atomic E-state index is 0.500. The van der Waals surface area contributed by atoms with Gasteiger partial charge in [0.15, 0.2) is 0 Å². The third-order valence-electron chi connectivity index (χ3n) is 3.56. The largest absolute Gasteiger partial charge is 0.316 e. The second kappa shape index (κ2) is 6.42. The van der Waals surface area contributed by atoms with E-state index in [4.69, 9.17) is 0 Å². The first-order chi connectivity index (χ1) is 6.14. The van der Waals surface area contributed by atoms with Gasteiger partial charge in [-0.1, -0.05) is 47.5 Å². The predicted octanol–water partition coefficient (Wildman–Crippen LogP) is 3.45. The summed E-state index contributed by atoms with van der Waals surface area (Å²) in [5.41, 5.74) is 0.500. The summed E-state index contributed by atoms with van der Waals surface area (Å²) in [6.07, 6.45) is 3.91. The lowest BCUT2D eigenvalue weighted by molar-refractivity contribution is 0.161. The van der Waals surface area contributed by atoms with Crippen molar-refractivity contribution < 1.29 is 0 Å². The van der Waals surface area contributed by atoms with Gasteiger partial charge in [0.05, 0.1) is 0 Å². The Kier molecular flexibility index (Phi) is 6.40. The molecule has 0 aliphatic heterocycles. The van der Waals surface area contributed by atoms with Crippen molar-refractivity contribution in [3.8, 4) is 0 Å². The zero-order valence-electron chi connectivity index (χ0n) is 10.1. The molecule has 0 fully saturated rings. The summed E-state index contributed by atoms with van der Waals surface area (Å²) in [4.78, 5) is 0. The Morgan fingerprint density at radius 2 is 1.62 bits per heavy atom. The molecule has 0 aromatic carbocycles. The van der Waals surface area contributed by atoms with E-state index in [2.05, 4.69) is 39.9 Å². The summed E-state index contributed by atoms with van der Waals surface area (Å²) in [6.45, 7) is 13.8. The molecule has 1 unspecified atom stereocenters. The van der Waals surface area contributed by atoms with E-state index in [1.165, 1.54) is 25.8 Å². The van der Waals surface area contributed by atoms with E-state index >= 15 is 0 Å². The fourth-order valence-electron chi connectivity index (χ4n) is 2.24. The molecule has 13 heavy (non-hydrogen) atoms. The van der Waals surface area contributed by atoms with E-state index in [0.29, 0.717) is 5.41 Å². The van der Waals surface area contributed by atoms with Crippen LogP contribution in [0.3, 0.4) is 0 Å². The normalized spacial score (nSPS) is 16.2. The van der Waals surface area contributed by atoms with Crippen LogP contribution in [-0.4, -0.2) is 13.1 Å². The Morgan fingerprint density at radius 3 is 1.92 bits per heavy atom. The highest BCUT2D eigenvalue weighted by Gasteiger charge is 2.29. The highest BCUT2D eigenvalue weighted by Crippen LogP contribution is 2.34. The molecule has 80 valence electrons. The standard InChI is InChI=1S/C12H27N/c1-6-11(7-2)12(5,8-3)10-13-9-4/h11,13H,6-10H2,1-5H3. The number of rotatable bonds is 7. The van der Waals surface area contributed by atoms with Crippen molar-refractivity contribution in [3.05, 3.63) is 0 Å². The molecule has 1 nitrogen and oxygen atoms in total. The van der Waals surface area contributed by atoms with E-state index in [0.717, 1.165) is 12.5 Å². The van der Waals surface area contributed by atoms with Gasteiger partial charge >= 0.3 is 0 Å². The molecule has 0 heterocycles. The van der Waals surface area contributed by atoms with Crippen molar-refractivity contribution in [1.82, 2.24) is 5.32 Å². The molecule has 0 radical (unpaired) electrons. The Balaban J connectivity index is 4.21. The Hall–Kier alpha value is -0.0400. The Labute approximate surface area is 84.3 Å². The molecule has 0 spiro atoms. The van der Waals surface area contributed by atoms with Crippen molar-refractivity contribution in [3.63, 3.8) is 0 Å². The van der Waals surface area contributed by atoms with Crippen LogP contribution in [0.2, 0.25) is 0 Å². The zero-order valence-corrected chi connectivity index (χ0v) is 10.1. The van der Waals surface area contributed by atoms with Gasteiger partial charge in [-0.05, 0) is 24.3 Å². The fraction of sp³-hybridized carbons (Fsp3) is 1.00. The van der Waals surface area contributed by atoms with Gasteiger partial charge in [-0.25, -0.2) is 0 Å². The monoisotopic (exact) mass is 185 g/mol. The molecule has 0 bridgehead atoms. The zero-order chi connectivity index (χ0) is 10.3. The average Bonchev–Trinajstić information content (AvgIpc) is 2.16. The third kappa shape index (κ3) is 3.68. The predicted molar refractivity (Wildman–Crippen MR) is 61.0 cm³/mol. The first kappa shape index (κ1) is 13.0. The van der Waals surface area contributed by atoms with E-state index in [1.807, 2.05) is 0 Å². The lowest BCUT2D eigenvalue weighted by Crippen LogP contribution is -2.37. The van der Waals surface area contributed by atoms with Gasteiger partial charge in [0.2, 0.25) is 0 Å². The first-order valence-electron chi connectivity index (χ1n) is 5.85. The summed E-state index contributed by atoms with van der Waals surface area (Å²) >= 11 is 0. The van der Waals surface area contributed by atoms with Gasteiger partial charge in [0.1, 0.15) is 0 Å². The molecule has 1 N–H and O–H groups in total. The van der Waals surface area contributed by atoms with Crippen LogP contribution in [0.15, 0.2) is 0 Å². The summed E-state index contributed by atoms with van der Waals surface area (Å²) in [7, 11) is 0. The van der Waals surface area contributed by atoms with Crippen LogP contribution in [-0.2, 0) is 0 Å². The van der Waals surface area contributed by atoms with Crippen LogP contribution in [0, 0.1) is 11.3 Å². The van der Waals surface area contributed by atoms with Crippen molar-refractivity contribution in [2.45, 2.75) is 53.9 Å². The van der Waals surface area contributed by atoms with Gasteiger partial charge < -0.3 is 5.32 Å². The molecule has 0 aromatic rings. The summed E-state index contributed by atoms with van der Waals surface area (Å²) < 4.78 is 0. The van der Waals surface area contributed by atoms with Crippen LogP contribution in [0.1, 0.15) is 53.9 Å². The molecule has 0 aliphatic carbocycles. The van der Waals surface area contributed by atoms with E-state index < -0.39 is 0 Å². The van der Waals surface area contributed by atoms with E-state index in [1.54, 1.807) is 0 Å². The number of nitrogens with one attached hydrogen (secondary N) is 1. The maximum absolute atomic E-state index is 3.49. The van der Waals surface area contributed by atoms with Gasteiger partial charge in [0.25, 0.3) is 0 Å². The second-order valence-corrected chi connectivity index (χ2v) is 4.30. The molecule has 0 amide bonds. The molecule has 0 aliphatic rings. The molecule has 0 saturated carbocycles. The molecule has 0 rings (SSSR count). The first-order valence-corrected chi connectivity index (χ1v) is 5.85. The average molecular weight is 185 g/mol. The quantitative estimate of drug-likeness (QED) is 0.640.